The van der Waals surface area contributed by atoms with Crippen LogP contribution in [0, 0.1) is 0 Å². The molecule has 0 N–H and O–H groups in total. The van der Waals surface area contributed by atoms with Crippen LogP contribution in [0.1, 0.15) is 142 Å². The molecule has 2 bridgehead atoms. The van der Waals surface area contributed by atoms with E-state index in [4.69, 9.17) is 9.47 Å². The third kappa shape index (κ3) is 10.1. The zero-order valence-corrected chi connectivity index (χ0v) is 70.9. The van der Waals surface area contributed by atoms with Gasteiger partial charge >= 0.3 is 12.2 Å². The Balaban J connectivity index is 0.621. The number of hydrogen-bond donors (Lipinski definition) is 0. The molecule has 8 heteroatoms. The maximum Gasteiger partial charge on any atom is 0.424 e. The lowest BCUT2D eigenvalue weighted by Crippen LogP contribution is -2.60. The number of benzene rings is 18. The summed E-state index contributed by atoms with van der Waals surface area (Å²) in [6.45, 7) is 11.1. The number of fused-ring (bicyclic) bond motifs is 11. The van der Waals surface area contributed by atoms with E-state index in [1.807, 2.05) is 34.1 Å². The van der Waals surface area contributed by atoms with Crippen LogP contribution in [0.25, 0.3) is 88.3 Å². The molecule has 28 rings (SSSR count). The highest BCUT2D eigenvalue weighted by molar-refractivity contribution is 7.01. The normalized spacial score (nSPS) is 17.8. The maximum absolute atomic E-state index is 15.6. The Kier molecular flexibility index (Phi) is 15.1. The van der Waals surface area contributed by atoms with E-state index in [0.29, 0.717) is 11.5 Å². The Bertz CT molecular complexity index is 7830. The Labute approximate surface area is 739 Å². The molecule has 0 fully saturated rings. The second kappa shape index (κ2) is 26.4. The molecule has 0 radical (unpaired) electrons. The number of nitrogens with zero attached hydrogens (tertiary/aromatic N) is 2. The van der Waals surface area contributed by atoms with Gasteiger partial charge < -0.3 is 9.47 Å². The minimum absolute atomic E-state index is 0.112. The van der Waals surface area contributed by atoms with Crippen LogP contribution in [0.15, 0.2) is 370 Å². The lowest BCUT2D eigenvalue weighted by atomic mass is 9.33. The zero-order valence-electron chi connectivity index (χ0n) is 70.9. The summed E-state index contributed by atoms with van der Waals surface area (Å²) in [5, 5.41) is 3.94. The van der Waals surface area contributed by atoms with Crippen LogP contribution in [0.3, 0.4) is 0 Å². The summed E-state index contributed by atoms with van der Waals surface area (Å²) in [5.74, 6) is 1.18. The average molecular weight is 1630 g/mol. The van der Waals surface area contributed by atoms with Gasteiger partial charge in [-0.15, -0.1) is 0 Å². The van der Waals surface area contributed by atoms with Gasteiger partial charge in [-0.3, -0.25) is 0 Å². The van der Waals surface area contributed by atoms with Gasteiger partial charge in [0.1, 0.15) is 11.5 Å². The highest BCUT2D eigenvalue weighted by atomic mass is 16.6. The van der Waals surface area contributed by atoms with E-state index >= 15 is 9.59 Å². The Morgan fingerprint density at radius 2 is 0.685 bits per heavy atom. The molecule has 4 aliphatic heterocycles. The predicted molar refractivity (Wildman–Crippen MR) is 519 cm³/mol. The summed E-state index contributed by atoms with van der Waals surface area (Å²) >= 11 is 0. The molecule has 0 saturated heterocycles. The lowest BCUT2D eigenvalue weighted by molar-refractivity contribution is 0.209. The number of rotatable bonds is 11. The van der Waals surface area contributed by atoms with Crippen LogP contribution in [-0.2, 0) is 22.7 Å². The third-order valence-electron chi connectivity index (χ3n) is 30.4. The summed E-state index contributed by atoms with van der Waals surface area (Å²) in [6, 6.07) is 138. The molecule has 4 heterocycles. The standard InChI is InChI=1S/C119H82B2N2O4/c1-117(2,3)79-51-53-81-89(61-79)108-82-54-52-80(62-90(82)107(81)91-63-99-101(65-92(91)108)122-113-97(55-49-75-37-25-43-103(105(75)113)126-115(122)124)120(99)111-85(71-31-15-8-16-32-71)57-77(69-27-11-6-12-28-69)58-86(111)72-33-17-9-18-34-72)118(4,5)67-68-45-47-74(48-46-68)88-60-78(70-29-13-7-14-30-70)59-87(73-35-19-10-20-36-73)112(88)121-98-56-50-76-38-26-44-104-106(76)114(98)123(116(125)127-104)102-66-94-93(64-100(102)121)109-83-39-21-23-41-95(83)119(109)96-42-24-22-40-84(96)110(94)119/h6-66,107-110H,67H2,1-5H3. The number of carbonyl (C=O) groups is 2. The van der Waals surface area contributed by atoms with Crippen LogP contribution in [0.4, 0.5) is 32.3 Å². The third-order valence-corrected chi connectivity index (χ3v) is 30.4. The molecule has 0 aromatic heterocycles. The van der Waals surface area contributed by atoms with Gasteiger partial charge in [-0.1, -0.05) is 367 Å². The molecule has 598 valence electrons. The van der Waals surface area contributed by atoms with Crippen molar-refractivity contribution in [2.24, 2.45) is 0 Å². The summed E-state index contributed by atoms with van der Waals surface area (Å²) in [4.78, 5) is 34.8. The largest absolute Gasteiger partial charge is 0.424 e. The molecule has 0 saturated carbocycles. The second-order valence-electron chi connectivity index (χ2n) is 38.3. The number of ether oxygens (including phenoxy) is 2. The fraction of sp³-hybridized carbons (Fsp3) is 0.109. The molecule has 5 unspecified atom stereocenters. The maximum atomic E-state index is 15.6. The quantitative estimate of drug-likeness (QED) is 0.121. The number of amides is 2. The predicted octanol–water partition coefficient (Wildman–Crippen LogP) is 24.7. The number of anilines is 4. The summed E-state index contributed by atoms with van der Waals surface area (Å²) in [5.41, 5.74) is 42.9. The lowest BCUT2D eigenvalue weighted by Gasteiger charge is -2.58. The smallest absolute Gasteiger partial charge is 0.409 e. The van der Waals surface area contributed by atoms with Crippen molar-refractivity contribution >= 4 is 103 Å². The van der Waals surface area contributed by atoms with Crippen molar-refractivity contribution < 1.29 is 19.1 Å². The van der Waals surface area contributed by atoms with Crippen molar-refractivity contribution in [2.75, 3.05) is 9.80 Å². The van der Waals surface area contributed by atoms with Gasteiger partial charge in [0, 0.05) is 51.2 Å². The first-order valence-corrected chi connectivity index (χ1v) is 44.9. The molecular weight excluding hydrogens is 1540 g/mol. The minimum atomic E-state index is -0.401. The van der Waals surface area contributed by atoms with Gasteiger partial charge in [0.05, 0.1) is 11.4 Å². The highest BCUT2D eigenvalue weighted by Gasteiger charge is 2.70. The van der Waals surface area contributed by atoms with Crippen molar-refractivity contribution in [3.63, 3.8) is 0 Å². The molecule has 1 spiro atoms. The SMILES string of the molecule is CC(C)(C)c1ccc2c(c1)C1c3ccc(C(C)(C)Cc4ccc(-c5cc(-c6ccccc6)cc(-c6ccccc6)c5B5c6cc7c(cc6N6C(=O)Oc8cccc9ccc5c6c89)C5c6ccccc6C56c5ccccc5C76)cc4)cc3C2c2cc3c(cc21)N1C(=O)Oc2cccc4ccc(c1c24)B3c1c(-c2ccccc2)cc(-c2ccccc2)cc1-c1ccccc1. The first kappa shape index (κ1) is 72.6. The fourth-order valence-corrected chi connectivity index (χ4v) is 24.9. The van der Waals surface area contributed by atoms with Crippen LogP contribution in [-0.4, -0.2) is 25.6 Å². The van der Waals surface area contributed by atoms with E-state index in [2.05, 4.69) is 380 Å². The zero-order chi connectivity index (χ0) is 84.4. The highest BCUT2D eigenvalue weighted by Crippen LogP contribution is 2.77. The molecule has 127 heavy (non-hydrogen) atoms. The van der Waals surface area contributed by atoms with Gasteiger partial charge in [0.25, 0.3) is 0 Å². The Morgan fingerprint density at radius 3 is 1.14 bits per heavy atom. The van der Waals surface area contributed by atoms with E-state index in [-0.39, 0.29) is 59.4 Å². The topological polar surface area (TPSA) is 59.1 Å². The first-order chi connectivity index (χ1) is 62.2. The fourth-order valence-electron chi connectivity index (χ4n) is 24.9. The van der Waals surface area contributed by atoms with Crippen LogP contribution >= 0.6 is 0 Å². The molecule has 10 aliphatic rings. The van der Waals surface area contributed by atoms with Crippen LogP contribution in [0.2, 0.25) is 0 Å². The van der Waals surface area contributed by atoms with Crippen molar-refractivity contribution in [3.8, 4) is 78.3 Å². The molecule has 18 aromatic carbocycles. The monoisotopic (exact) mass is 1620 g/mol. The van der Waals surface area contributed by atoms with Crippen LogP contribution in [0.5, 0.6) is 11.5 Å². The van der Waals surface area contributed by atoms with Crippen molar-refractivity contribution in [2.45, 2.75) is 81.0 Å². The average Bonchev–Trinajstić information content (AvgIpc) is 1.46. The van der Waals surface area contributed by atoms with E-state index < -0.39 is 6.09 Å². The number of carbonyl (C=O) groups excluding carboxylic acids is 2. The van der Waals surface area contributed by atoms with E-state index in [1.54, 1.807) is 0 Å². The van der Waals surface area contributed by atoms with Gasteiger partial charge in [-0.25, -0.2) is 19.4 Å². The Morgan fingerprint density at radius 1 is 0.307 bits per heavy atom. The first-order valence-electron chi connectivity index (χ1n) is 44.9. The van der Waals surface area contributed by atoms with Crippen molar-refractivity contribution in [1.29, 1.82) is 0 Å². The van der Waals surface area contributed by atoms with Crippen molar-refractivity contribution in [3.05, 3.63) is 454 Å². The molecule has 6 aliphatic carbocycles. The van der Waals surface area contributed by atoms with Crippen LogP contribution < -0.4 is 52.1 Å². The summed E-state index contributed by atoms with van der Waals surface area (Å²) in [7, 11) is 0. The molecule has 18 aromatic rings. The summed E-state index contributed by atoms with van der Waals surface area (Å²) in [6.07, 6.45) is -0.0169. The second-order valence-corrected chi connectivity index (χ2v) is 38.3. The molecular formula is C119H82B2N2O4. The molecule has 5 atom stereocenters. The van der Waals surface area contributed by atoms with E-state index in [9.17, 15) is 0 Å². The molecule has 6 nitrogen and oxygen atoms in total. The number of hydrogen-bond acceptors (Lipinski definition) is 4. The van der Waals surface area contributed by atoms with Crippen molar-refractivity contribution in [1.82, 2.24) is 0 Å². The Hall–Kier alpha value is -14.9. The molecule has 2 amide bonds. The van der Waals surface area contributed by atoms with Gasteiger partial charge in [0.2, 0.25) is 13.4 Å². The van der Waals surface area contributed by atoms with Gasteiger partial charge in [-0.2, -0.15) is 0 Å². The van der Waals surface area contributed by atoms with Gasteiger partial charge in [0.15, 0.2) is 0 Å². The van der Waals surface area contributed by atoms with E-state index in [1.165, 1.54) is 94.4 Å². The van der Waals surface area contributed by atoms with E-state index in [0.717, 1.165) is 139 Å². The summed E-state index contributed by atoms with van der Waals surface area (Å²) < 4.78 is 13.1. The minimum Gasteiger partial charge on any atom is -0.409 e. The van der Waals surface area contributed by atoms with Gasteiger partial charge in [-0.05, 0) is 249 Å².